The van der Waals surface area contributed by atoms with Crippen molar-refractivity contribution in [1.29, 1.82) is 0 Å². The van der Waals surface area contributed by atoms with E-state index in [2.05, 4.69) is 10.3 Å². The van der Waals surface area contributed by atoms with E-state index in [4.69, 9.17) is 27.9 Å². The first kappa shape index (κ1) is 20.8. The van der Waals surface area contributed by atoms with Gasteiger partial charge in [0.15, 0.2) is 11.4 Å². The number of hydrogen-bond donors (Lipinski definition) is 1. The van der Waals surface area contributed by atoms with E-state index in [0.29, 0.717) is 32.7 Å². The number of rotatable bonds is 6. The zero-order valence-corrected chi connectivity index (χ0v) is 17.3. The Morgan fingerprint density at radius 3 is 2.03 bits per heavy atom. The molecule has 3 rings (SSSR count). The number of benzene rings is 2. The van der Waals surface area contributed by atoms with Crippen molar-refractivity contribution in [3.8, 4) is 5.75 Å². The number of amides is 1. The molecule has 0 aliphatic rings. The standard InChI is InChI=1S/C22H18Cl2N2O3/c1-22(2,21(28)26-17-9-12-19(24)25-13-17)29-18-10-5-15(6-11-18)20(27)14-3-7-16(23)8-4-14/h3-13H,1-2H3,(H,26,28). The number of halogens is 2. The quantitative estimate of drug-likeness (QED) is 0.420. The third kappa shape index (κ3) is 5.34. The Morgan fingerprint density at radius 2 is 1.48 bits per heavy atom. The molecular formula is C22H18Cl2N2O3. The summed E-state index contributed by atoms with van der Waals surface area (Å²) in [7, 11) is 0. The number of ether oxygens (including phenoxy) is 1. The van der Waals surface area contributed by atoms with Crippen molar-refractivity contribution < 1.29 is 14.3 Å². The second kappa shape index (κ2) is 8.64. The SMILES string of the molecule is CC(C)(Oc1ccc(C(=O)c2ccc(Cl)cc2)cc1)C(=O)Nc1ccc(Cl)nc1. The lowest BCUT2D eigenvalue weighted by atomic mass is 10.0. The van der Waals surface area contributed by atoms with Crippen LogP contribution >= 0.6 is 23.2 Å². The summed E-state index contributed by atoms with van der Waals surface area (Å²) in [5, 5.41) is 3.64. The van der Waals surface area contributed by atoms with Gasteiger partial charge in [-0.15, -0.1) is 0 Å². The third-order valence-corrected chi connectivity index (χ3v) is 4.60. The fourth-order valence-electron chi connectivity index (χ4n) is 2.51. The summed E-state index contributed by atoms with van der Waals surface area (Å²) in [6, 6.07) is 16.5. The molecule has 0 radical (unpaired) electrons. The molecule has 7 heteroatoms. The molecule has 1 N–H and O–H groups in total. The minimum atomic E-state index is -1.15. The van der Waals surface area contributed by atoms with Gasteiger partial charge in [-0.3, -0.25) is 9.59 Å². The molecule has 0 bridgehead atoms. The van der Waals surface area contributed by atoms with Gasteiger partial charge in [0.05, 0.1) is 11.9 Å². The normalized spacial score (nSPS) is 11.0. The largest absolute Gasteiger partial charge is 0.478 e. The Kier molecular flexibility index (Phi) is 6.20. The van der Waals surface area contributed by atoms with Gasteiger partial charge >= 0.3 is 0 Å². The number of nitrogens with one attached hydrogen (secondary N) is 1. The third-order valence-electron chi connectivity index (χ3n) is 4.13. The van der Waals surface area contributed by atoms with Crippen LogP contribution in [0.5, 0.6) is 5.75 Å². The topological polar surface area (TPSA) is 68.3 Å². The zero-order valence-electron chi connectivity index (χ0n) is 15.8. The summed E-state index contributed by atoms with van der Waals surface area (Å²) >= 11 is 11.6. The van der Waals surface area contributed by atoms with E-state index in [1.807, 2.05) is 0 Å². The predicted molar refractivity (Wildman–Crippen MR) is 114 cm³/mol. The van der Waals surface area contributed by atoms with E-state index in [1.54, 1.807) is 74.5 Å². The maximum atomic E-state index is 12.5. The molecule has 3 aromatic rings. The first-order valence-electron chi connectivity index (χ1n) is 8.77. The van der Waals surface area contributed by atoms with Crippen molar-refractivity contribution in [3.05, 3.63) is 88.2 Å². The fourth-order valence-corrected chi connectivity index (χ4v) is 2.75. The molecule has 148 valence electrons. The van der Waals surface area contributed by atoms with E-state index < -0.39 is 5.60 Å². The molecule has 0 saturated carbocycles. The van der Waals surface area contributed by atoms with Crippen molar-refractivity contribution in [3.63, 3.8) is 0 Å². The van der Waals surface area contributed by atoms with Crippen LogP contribution in [-0.2, 0) is 4.79 Å². The number of pyridine rings is 1. The Balaban J connectivity index is 1.67. The first-order valence-corrected chi connectivity index (χ1v) is 9.52. The highest BCUT2D eigenvalue weighted by molar-refractivity contribution is 6.30. The highest BCUT2D eigenvalue weighted by atomic mass is 35.5. The lowest BCUT2D eigenvalue weighted by Gasteiger charge is -2.25. The van der Waals surface area contributed by atoms with Gasteiger partial charge in [-0.25, -0.2) is 4.98 Å². The maximum Gasteiger partial charge on any atom is 0.268 e. The summed E-state index contributed by atoms with van der Waals surface area (Å²) in [4.78, 5) is 29.0. The highest BCUT2D eigenvalue weighted by Crippen LogP contribution is 2.22. The molecule has 1 heterocycles. The summed E-state index contributed by atoms with van der Waals surface area (Å²) in [5.74, 6) is -0.00423. The molecule has 0 atom stereocenters. The van der Waals surface area contributed by atoms with Crippen molar-refractivity contribution in [2.75, 3.05) is 5.32 Å². The molecule has 0 saturated heterocycles. The van der Waals surface area contributed by atoms with Gasteiger partial charge in [-0.2, -0.15) is 0 Å². The van der Waals surface area contributed by atoms with E-state index >= 15 is 0 Å². The van der Waals surface area contributed by atoms with Crippen molar-refractivity contribution >= 4 is 40.6 Å². The van der Waals surface area contributed by atoms with Crippen LogP contribution in [0.3, 0.4) is 0 Å². The van der Waals surface area contributed by atoms with Crippen LogP contribution in [0, 0.1) is 0 Å². The lowest BCUT2D eigenvalue weighted by molar-refractivity contribution is -0.128. The van der Waals surface area contributed by atoms with E-state index in [9.17, 15) is 9.59 Å². The molecule has 0 aliphatic carbocycles. The van der Waals surface area contributed by atoms with Crippen molar-refractivity contribution in [1.82, 2.24) is 4.98 Å². The number of aromatic nitrogens is 1. The number of carbonyl (C=O) groups excluding carboxylic acids is 2. The molecule has 0 fully saturated rings. The van der Waals surface area contributed by atoms with E-state index in [0.717, 1.165) is 0 Å². The number of hydrogen-bond acceptors (Lipinski definition) is 4. The monoisotopic (exact) mass is 428 g/mol. The Bertz CT molecular complexity index is 1020. The molecular weight excluding hydrogens is 411 g/mol. The van der Waals surface area contributed by atoms with E-state index in [1.165, 1.54) is 6.20 Å². The van der Waals surface area contributed by atoms with Crippen LogP contribution < -0.4 is 10.1 Å². The predicted octanol–water partition coefficient (Wildman–Crippen LogP) is 5.42. The molecule has 1 aromatic heterocycles. The number of carbonyl (C=O) groups is 2. The first-order chi connectivity index (χ1) is 13.7. The Labute approximate surface area is 178 Å². The smallest absolute Gasteiger partial charge is 0.268 e. The molecule has 29 heavy (non-hydrogen) atoms. The Morgan fingerprint density at radius 1 is 0.897 bits per heavy atom. The van der Waals surface area contributed by atoms with Crippen LogP contribution in [0.15, 0.2) is 66.9 Å². The van der Waals surface area contributed by atoms with E-state index in [-0.39, 0.29) is 11.7 Å². The second-order valence-electron chi connectivity index (χ2n) is 6.80. The average Bonchev–Trinajstić information content (AvgIpc) is 2.70. The highest BCUT2D eigenvalue weighted by Gasteiger charge is 2.30. The lowest BCUT2D eigenvalue weighted by Crippen LogP contribution is -2.42. The van der Waals surface area contributed by atoms with Gasteiger partial charge < -0.3 is 10.1 Å². The van der Waals surface area contributed by atoms with Crippen LogP contribution in [0.1, 0.15) is 29.8 Å². The van der Waals surface area contributed by atoms with Crippen molar-refractivity contribution in [2.24, 2.45) is 0 Å². The minimum absolute atomic E-state index is 0.125. The minimum Gasteiger partial charge on any atom is -0.478 e. The van der Waals surface area contributed by atoms with Crippen molar-refractivity contribution in [2.45, 2.75) is 19.4 Å². The van der Waals surface area contributed by atoms with Gasteiger partial charge in [0.1, 0.15) is 10.9 Å². The van der Waals surface area contributed by atoms with Crippen LogP contribution in [0.4, 0.5) is 5.69 Å². The summed E-state index contributed by atoms with van der Waals surface area (Å²) in [5.41, 5.74) is 0.412. The van der Waals surface area contributed by atoms with Gasteiger partial charge in [-0.1, -0.05) is 23.2 Å². The molecule has 5 nitrogen and oxygen atoms in total. The Hall–Kier alpha value is -2.89. The van der Waals surface area contributed by atoms with Gasteiger partial charge in [0, 0.05) is 16.1 Å². The maximum absolute atomic E-state index is 12.5. The summed E-state index contributed by atoms with van der Waals surface area (Å²) in [6.07, 6.45) is 1.47. The fraction of sp³-hybridized carbons (Fsp3) is 0.136. The zero-order chi connectivity index (χ0) is 21.0. The summed E-state index contributed by atoms with van der Waals surface area (Å²) in [6.45, 7) is 3.30. The number of anilines is 1. The summed E-state index contributed by atoms with van der Waals surface area (Å²) < 4.78 is 5.83. The molecule has 1 amide bonds. The molecule has 0 aliphatic heterocycles. The second-order valence-corrected chi connectivity index (χ2v) is 7.62. The molecule has 0 spiro atoms. The molecule has 2 aromatic carbocycles. The molecule has 0 unspecified atom stereocenters. The average molecular weight is 429 g/mol. The number of ketones is 1. The van der Waals surface area contributed by atoms with Gasteiger partial charge in [0.25, 0.3) is 5.91 Å². The number of nitrogens with zero attached hydrogens (tertiary/aromatic N) is 1. The van der Waals surface area contributed by atoms with Gasteiger partial charge in [-0.05, 0) is 74.5 Å². The van der Waals surface area contributed by atoms with Crippen LogP contribution in [0.2, 0.25) is 10.2 Å². The van der Waals surface area contributed by atoms with Crippen LogP contribution in [0.25, 0.3) is 0 Å². The van der Waals surface area contributed by atoms with Gasteiger partial charge in [0.2, 0.25) is 0 Å². The van der Waals surface area contributed by atoms with Crippen LogP contribution in [-0.4, -0.2) is 22.3 Å².